The van der Waals surface area contributed by atoms with Gasteiger partial charge < -0.3 is 14.2 Å². The van der Waals surface area contributed by atoms with E-state index in [1.54, 1.807) is 0 Å². The highest BCUT2D eigenvalue weighted by molar-refractivity contribution is 5.69. The third kappa shape index (κ3) is 37.3. The smallest absolute Gasteiger partial charge is 0.305 e. The van der Waals surface area contributed by atoms with Crippen LogP contribution in [0.2, 0.25) is 0 Å². The van der Waals surface area contributed by atoms with E-state index in [2.05, 4.69) is 37.5 Å². The minimum atomic E-state index is 0.0201. The molecule has 0 unspecified atom stereocenters. The molecule has 0 saturated carbocycles. The van der Waals surface area contributed by atoms with Crippen molar-refractivity contribution in [3.05, 3.63) is 0 Å². The van der Waals surface area contributed by atoms with Crippen molar-refractivity contribution in [3.8, 4) is 0 Å². The first kappa shape index (κ1) is 61.9. The number of nitrogens with zero attached hydrogens (tertiary/aromatic N) is 2. The van der Waals surface area contributed by atoms with Gasteiger partial charge in [-0.15, -0.1) is 0 Å². The van der Waals surface area contributed by atoms with Gasteiger partial charge in [-0.2, -0.15) is 0 Å². The Bertz CT molecular complexity index is 963. The van der Waals surface area contributed by atoms with E-state index in [4.69, 9.17) is 14.2 Å². The third-order valence-electron chi connectivity index (χ3n) is 15.4. The van der Waals surface area contributed by atoms with Gasteiger partial charge >= 0.3 is 11.9 Å². The second-order valence-electron chi connectivity index (χ2n) is 21.9. The van der Waals surface area contributed by atoms with Crippen molar-refractivity contribution in [1.82, 2.24) is 9.80 Å². The number of carbonyl (C=O) groups excluding carboxylic acids is 2. The van der Waals surface area contributed by atoms with E-state index in [9.17, 15) is 9.59 Å². The Morgan fingerprint density at radius 1 is 0.373 bits per heavy atom. The second-order valence-corrected chi connectivity index (χ2v) is 21.9. The lowest BCUT2D eigenvalue weighted by Gasteiger charge is -2.46. The molecule has 0 aromatic carbocycles. The maximum atomic E-state index is 12.6. The monoisotopic (exact) mass is 945 g/mol. The Labute approximate surface area is 417 Å². The van der Waals surface area contributed by atoms with Crippen molar-refractivity contribution in [3.63, 3.8) is 0 Å². The molecule has 0 amide bonds. The van der Waals surface area contributed by atoms with E-state index in [1.165, 1.54) is 231 Å². The molecule has 2 aliphatic rings. The zero-order chi connectivity index (χ0) is 48.1. The van der Waals surface area contributed by atoms with Gasteiger partial charge in [0.15, 0.2) is 0 Å². The number of hydrogen-bond acceptors (Lipinski definition) is 7. The average molecular weight is 946 g/mol. The highest BCUT2D eigenvalue weighted by Gasteiger charge is 2.34. The molecular weight excluding hydrogens is 829 g/mol. The summed E-state index contributed by atoms with van der Waals surface area (Å²) in [7, 11) is 0. The Morgan fingerprint density at radius 2 is 0.642 bits per heavy atom. The number of hydrogen-bond donors (Lipinski definition) is 0. The van der Waals surface area contributed by atoms with Gasteiger partial charge in [-0.05, 0) is 63.5 Å². The molecule has 0 atom stereocenters. The number of unbranched alkanes of at least 4 members (excludes halogenated alkanes) is 28. The zero-order valence-corrected chi connectivity index (χ0v) is 45.6. The number of rotatable bonds is 50. The van der Waals surface area contributed by atoms with Crippen molar-refractivity contribution in [1.29, 1.82) is 0 Å². The summed E-state index contributed by atoms with van der Waals surface area (Å²) < 4.78 is 17.9. The van der Waals surface area contributed by atoms with E-state index in [-0.39, 0.29) is 11.9 Å². The Hall–Kier alpha value is -1.18. The van der Waals surface area contributed by atoms with Crippen LogP contribution in [0.25, 0.3) is 0 Å². The predicted octanol–water partition coefficient (Wildman–Crippen LogP) is 17.2. The van der Waals surface area contributed by atoms with Crippen LogP contribution in [-0.2, 0) is 23.8 Å². The molecule has 7 heteroatoms. The molecule has 0 aromatic heterocycles. The van der Waals surface area contributed by atoms with E-state index >= 15 is 0 Å². The van der Waals surface area contributed by atoms with Crippen molar-refractivity contribution in [2.75, 3.05) is 52.5 Å². The fourth-order valence-electron chi connectivity index (χ4n) is 11.0. The molecule has 2 saturated heterocycles. The first-order chi connectivity index (χ1) is 33.0. The SMILES string of the molecule is CCCCCCCCC(CCCCCCCC)CCOC(=O)CCCCCCCN1CC2CN(CCCCCCCC(=O)OCCC(CCCCCCCC)CCCCCCCC)CC(C1)O2. The van der Waals surface area contributed by atoms with Crippen LogP contribution in [0.1, 0.15) is 297 Å². The predicted molar refractivity (Wildman–Crippen MR) is 287 cm³/mol. The first-order valence-corrected chi connectivity index (χ1v) is 30.4. The first-order valence-electron chi connectivity index (χ1n) is 30.4. The summed E-state index contributed by atoms with van der Waals surface area (Å²) >= 11 is 0. The molecule has 2 aliphatic heterocycles. The number of morpholine rings is 2. The summed E-state index contributed by atoms with van der Waals surface area (Å²) in [6.07, 6.45) is 53.4. The van der Waals surface area contributed by atoms with Crippen LogP contribution in [0.4, 0.5) is 0 Å². The van der Waals surface area contributed by atoms with Crippen molar-refractivity contribution in [2.45, 2.75) is 310 Å². The minimum Gasteiger partial charge on any atom is -0.466 e. The normalized spacial score (nSPS) is 16.7. The summed E-state index contributed by atoms with van der Waals surface area (Å²) in [5.74, 6) is 1.48. The highest BCUT2D eigenvalue weighted by Crippen LogP contribution is 2.25. The summed E-state index contributed by atoms with van der Waals surface area (Å²) in [5, 5.41) is 0. The van der Waals surface area contributed by atoms with Gasteiger partial charge in [0.05, 0.1) is 25.4 Å². The lowest BCUT2D eigenvalue weighted by atomic mass is 9.91. The van der Waals surface area contributed by atoms with Gasteiger partial charge in [0, 0.05) is 39.0 Å². The van der Waals surface area contributed by atoms with Gasteiger partial charge in [-0.3, -0.25) is 19.4 Å². The van der Waals surface area contributed by atoms with Crippen LogP contribution in [0.3, 0.4) is 0 Å². The van der Waals surface area contributed by atoms with Crippen LogP contribution in [0, 0.1) is 11.8 Å². The van der Waals surface area contributed by atoms with Gasteiger partial charge in [0.1, 0.15) is 0 Å². The molecule has 396 valence electrons. The molecular formula is C60H116N2O5. The Morgan fingerprint density at radius 3 is 0.955 bits per heavy atom. The zero-order valence-electron chi connectivity index (χ0n) is 45.6. The second kappa shape index (κ2) is 45.9. The van der Waals surface area contributed by atoms with E-state index in [0.29, 0.717) is 38.3 Å². The molecule has 7 nitrogen and oxygen atoms in total. The molecule has 2 heterocycles. The summed E-state index contributed by atoms with van der Waals surface area (Å²) in [6.45, 7) is 17.0. The molecule has 67 heavy (non-hydrogen) atoms. The minimum absolute atomic E-state index is 0.0201. The standard InChI is InChI=1S/C60H116N2O5/c1-5-9-13-17-23-31-39-55(40-32-24-18-14-10-6-2)45-49-65-59(63)43-35-27-21-29-37-47-61-51-57-53-62(54-58(52-61)67-57)48-38-30-22-28-36-44-60(64)66-50-46-56(41-33-25-19-15-11-7-3)42-34-26-20-16-12-8-4/h55-58H,5-54H2,1-4H3. The topological polar surface area (TPSA) is 68.3 Å². The third-order valence-corrected chi connectivity index (χ3v) is 15.4. The fraction of sp³-hybridized carbons (Fsp3) is 0.967. The van der Waals surface area contributed by atoms with E-state index in [1.807, 2.05) is 0 Å². The van der Waals surface area contributed by atoms with Gasteiger partial charge in [0.2, 0.25) is 0 Å². The van der Waals surface area contributed by atoms with E-state index < -0.39 is 0 Å². The largest absolute Gasteiger partial charge is 0.466 e. The maximum Gasteiger partial charge on any atom is 0.305 e. The molecule has 2 rings (SSSR count). The van der Waals surface area contributed by atoms with Crippen LogP contribution >= 0.6 is 0 Å². The number of carbonyl (C=O) groups is 2. The lowest BCUT2D eigenvalue weighted by Crippen LogP contribution is -2.59. The Kier molecular flexibility index (Phi) is 42.5. The van der Waals surface area contributed by atoms with Crippen molar-refractivity contribution < 1.29 is 23.8 Å². The lowest BCUT2D eigenvalue weighted by molar-refractivity contribution is -0.145. The highest BCUT2D eigenvalue weighted by atomic mass is 16.5. The number of fused-ring (bicyclic) bond motifs is 2. The molecule has 0 aliphatic carbocycles. The van der Waals surface area contributed by atoms with Crippen LogP contribution in [0.15, 0.2) is 0 Å². The number of ether oxygens (including phenoxy) is 3. The summed E-state index contributed by atoms with van der Waals surface area (Å²) in [5.41, 5.74) is 0. The van der Waals surface area contributed by atoms with Gasteiger partial charge in [-0.25, -0.2) is 0 Å². The Balaban J connectivity index is 1.46. The van der Waals surface area contributed by atoms with Crippen molar-refractivity contribution >= 4 is 11.9 Å². The molecule has 0 aromatic rings. The maximum absolute atomic E-state index is 12.6. The van der Waals surface area contributed by atoms with E-state index in [0.717, 1.165) is 76.5 Å². The van der Waals surface area contributed by atoms with Crippen LogP contribution in [0.5, 0.6) is 0 Å². The average Bonchev–Trinajstić information content (AvgIpc) is 3.32. The summed E-state index contributed by atoms with van der Waals surface area (Å²) in [4.78, 5) is 30.4. The summed E-state index contributed by atoms with van der Waals surface area (Å²) in [6, 6.07) is 0. The van der Waals surface area contributed by atoms with Gasteiger partial charge in [0.25, 0.3) is 0 Å². The fourth-order valence-corrected chi connectivity index (χ4v) is 11.0. The van der Waals surface area contributed by atoms with Crippen molar-refractivity contribution in [2.24, 2.45) is 11.8 Å². The molecule has 0 N–H and O–H groups in total. The quantitative estimate of drug-likeness (QED) is 0.0444. The van der Waals surface area contributed by atoms with Crippen LogP contribution in [-0.4, -0.2) is 86.4 Å². The molecule has 0 radical (unpaired) electrons. The van der Waals surface area contributed by atoms with Gasteiger partial charge in [-0.1, -0.05) is 246 Å². The molecule has 0 spiro atoms. The molecule has 2 fully saturated rings. The number of esters is 2. The molecule has 2 bridgehead atoms. The van der Waals surface area contributed by atoms with Crippen LogP contribution < -0.4 is 0 Å².